The van der Waals surface area contributed by atoms with Crippen LogP contribution in [0.3, 0.4) is 0 Å². The van der Waals surface area contributed by atoms with Crippen molar-refractivity contribution in [2.45, 2.75) is 26.7 Å². The van der Waals surface area contributed by atoms with Gasteiger partial charge in [0, 0.05) is 12.4 Å². The van der Waals surface area contributed by atoms with Gasteiger partial charge in [-0.2, -0.15) is 0 Å². The van der Waals surface area contributed by atoms with Gasteiger partial charge in [-0.15, -0.1) is 0 Å². The normalized spacial score (nSPS) is 11.1. The van der Waals surface area contributed by atoms with Crippen molar-refractivity contribution in [3.8, 4) is 5.75 Å². The third-order valence-corrected chi connectivity index (χ3v) is 5.50. The summed E-state index contributed by atoms with van der Waals surface area (Å²) in [4.78, 5) is 12.0. The molecule has 0 spiro atoms. The molecule has 0 bridgehead atoms. The summed E-state index contributed by atoms with van der Waals surface area (Å²) >= 11 is 12.7. The number of hydrogen-bond acceptors (Lipinski definition) is 2. The Hall–Kier alpha value is -2.17. The second-order valence-corrected chi connectivity index (χ2v) is 7.52. The van der Waals surface area contributed by atoms with Crippen molar-refractivity contribution in [1.82, 2.24) is 4.57 Å². The van der Waals surface area contributed by atoms with E-state index in [1.807, 2.05) is 51.2 Å². The maximum absolute atomic E-state index is 12.0. The fourth-order valence-electron chi connectivity index (χ4n) is 3.54. The topological polar surface area (TPSA) is 57.2 Å². The molecule has 2 aromatic carbocycles. The number of benzene rings is 2. The lowest BCUT2D eigenvalue weighted by atomic mass is 10.1. The fourth-order valence-corrected chi connectivity index (χ4v) is 3.98. The summed E-state index contributed by atoms with van der Waals surface area (Å²) in [5.41, 5.74) is 9.96. The number of amides is 1. The highest BCUT2D eigenvalue weighted by Crippen LogP contribution is 2.33. The van der Waals surface area contributed by atoms with E-state index in [0.29, 0.717) is 40.9 Å². The van der Waals surface area contributed by atoms with Crippen molar-refractivity contribution < 1.29 is 9.53 Å². The summed E-state index contributed by atoms with van der Waals surface area (Å²) < 4.78 is 7.69. The van der Waals surface area contributed by atoms with E-state index in [4.69, 9.17) is 33.7 Å². The molecule has 0 atom stereocenters. The highest BCUT2D eigenvalue weighted by Gasteiger charge is 2.20. The molecule has 142 valence electrons. The molecule has 3 rings (SSSR count). The summed E-state index contributed by atoms with van der Waals surface area (Å²) in [7, 11) is 1.83. The number of carbonyl (C=O) groups is 1. The smallest absolute Gasteiger partial charge is 0.265 e. The number of aromatic nitrogens is 1. The van der Waals surface area contributed by atoms with Gasteiger partial charge in [0.2, 0.25) is 0 Å². The van der Waals surface area contributed by atoms with Crippen molar-refractivity contribution in [2.24, 2.45) is 12.8 Å². The molecule has 2 N–H and O–H groups in total. The van der Waals surface area contributed by atoms with Gasteiger partial charge in [0.15, 0.2) is 0 Å². The Labute approximate surface area is 168 Å². The van der Waals surface area contributed by atoms with E-state index in [1.165, 1.54) is 0 Å². The van der Waals surface area contributed by atoms with Crippen molar-refractivity contribution in [3.05, 3.63) is 62.8 Å². The molecule has 0 radical (unpaired) electrons. The highest BCUT2D eigenvalue weighted by atomic mass is 35.5. The Kier molecular flexibility index (Phi) is 5.68. The van der Waals surface area contributed by atoms with Gasteiger partial charge in [-0.25, -0.2) is 0 Å². The van der Waals surface area contributed by atoms with Crippen LogP contribution in [-0.2, 0) is 13.5 Å². The van der Waals surface area contributed by atoms with Crippen molar-refractivity contribution in [2.75, 3.05) is 6.61 Å². The van der Waals surface area contributed by atoms with Gasteiger partial charge >= 0.3 is 0 Å². The Morgan fingerprint density at radius 1 is 1.22 bits per heavy atom. The second kappa shape index (κ2) is 7.83. The predicted octanol–water partition coefficient (Wildman–Crippen LogP) is 5.21. The Bertz CT molecular complexity index is 1020. The molecular formula is C21H22Cl2N2O2. The number of hydrogen-bond donors (Lipinski definition) is 1. The summed E-state index contributed by atoms with van der Waals surface area (Å²) in [6.07, 6.45) is 1.33. The van der Waals surface area contributed by atoms with Crippen LogP contribution in [0.5, 0.6) is 5.75 Å². The third-order valence-electron chi connectivity index (χ3n) is 4.70. The Morgan fingerprint density at radius 3 is 2.67 bits per heavy atom. The first kappa shape index (κ1) is 19.6. The van der Waals surface area contributed by atoms with Crippen LogP contribution >= 0.6 is 23.2 Å². The maximum Gasteiger partial charge on any atom is 0.265 e. The van der Waals surface area contributed by atoms with Crippen LogP contribution in [-0.4, -0.2) is 17.1 Å². The van der Waals surface area contributed by atoms with Gasteiger partial charge in [-0.3, -0.25) is 4.79 Å². The van der Waals surface area contributed by atoms with E-state index in [2.05, 4.69) is 0 Å². The molecule has 6 heteroatoms. The summed E-state index contributed by atoms with van der Waals surface area (Å²) in [6, 6.07) is 9.57. The quantitative estimate of drug-likeness (QED) is 0.572. The molecule has 1 heterocycles. The molecule has 0 aliphatic rings. The first-order chi connectivity index (χ1) is 12.8. The molecule has 1 aromatic heterocycles. The minimum absolute atomic E-state index is 0.460. The summed E-state index contributed by atoms with van der Waals surface area (Å²) in [5, 5.41) is 2.12. The first-order valence-corrected chi connectivity index (χ1v) is 9.52. The summed E-state index contributed by atoms with van der Waals surface area (Å²) in [6.45, 7) is 4.44. The maximum atomic E-state index is 12.0. The average molecular weight is 405 g/mol. The minimum Gasteiger partial charge on any atom is -0.492 e. The molecule has 0 saturated carbocycles. The van der Waals surface area contributed by atoms with Crippen molar-refractivity contribution in [3.63, 3.8) is 0 Å². The number of primary amides is 1. The monoisotopic (exact) mass is 404 g/mol. The van der Waals surface area contributed by atoms with Crippen LogP contribution in [0.25, 0.3) is 10.9 Å². The molecule has 0 saturated heterocycles. The van der Waals surface area contributed by atoms with E-state index < -0.39 is 5.91 Å². The highest BCUT2D eigenvalue weighted by molar-refractivity contribution is 6.36. The molecular weight excluding hydrogens is 383 g/mol. The molecule has 3 aromatic rings. The standard InChI is InChI=1S/C21H22Cl2N2O2/c1-12-10-13(2)19(23)17(11-12)27-9-5-6-14-18-15(22)7-4-8-16(18)25(3)20(14)21(24)26/h4,7-8,10-11H,5-6,9H2,1-3H3,(H2,24,26). The van der Waals surface area contributed by atoms with E-state index in [1.54, 1.807) is 4.57 Å². The molecule has 0 aliphatic carbocycles. The van der Waals surface area contributed by atoms with Crippen LogP contribution in [0.15, 0.2) is 30.3 Å². The lowest BCUT2D eigenvalue weighted by Gasteiger charge is -2.11. The van der Waals surface area contributed by atoms with Crippen LogP contribution < -0.4 is 10.5 Å². The second-order valence-electron chi connectivity index (χ2n) is 6.73. The van der Waals surface area contributed by atoms with Crippen LogP contribution in [0.4, 0.5) is 0 Å². The molecule has 0 aliphatic heterocycles. The molecule has 1 amide bonds. The SMILES string of the molecule is Cc1cc(C)c(Cl)c(OCCCc2c(C(N)=O)n(C)c3cccc(Cl)c23)c1. The minimum atomic E-state index is -0.460. The predicted molar refractivity (Wildman–Crippen MR) is 111 cm³/mol. The van der Waals surface area contributed by atoms with Gasteiger partial charge in [0.25, 0.3) is 5.91 Å². The fraction of sp³-hybridized carbons (Fsp3) is 0.286. The number of ether oxygens (including phenoxy) is 1. The van der Waals surface area contributed by atoms with Crippen molar-refractivity contribution >= 4 is 40.0 Å². The van der Waals surface area contributed by atoms with Gasteiger partial charge in [-0.1, -0.05) is 35.3 Å². The molecule has 0 fully saturated rings. The number of fused-ring (bicyclic) bond motifs is 1. The number of nitrogens with zero attached hydrogens (tertiary/aromatic N) is 1. The van der Waals surface area contributed by atoms with Crippen LogP contribution in [0.1, 0.15) is 33.6 Å². The van der Waals surface area contributed by atoms with Gasteiger partial charge in [0.05, 0.1) is 22.2 Å². The Balaban J connectivity index is 1.82. The Morgan fingerprint density at radius 2 is 1.96 bits per heavy atom. The van der Waals surface area contributed by atoms with Gasteiger partial charge in [-0.05, 0) is 61.6 Å². The molecule has 4 nitrogen and oxygen atoms in total. The largest absolute Gasteiger partial charge is 0.492 e. The van der Waals surface area contributed by atoms with Gasteiger partial charge in [0.1, 0.15) is 11.4 Å². The average Bonchev–Trinajstić information content (AvgIpc) is 2.89. The van der Waals surface area contributed by atoms with Crippen molar-refractivity contribution in [1.29, 1.82) is 0 Å². The summed E-state index contributed by atoms with van der Waals surface area (Å²) in [5.74, 6) is 0.221. The van der Waals surface area contributed by atoms with E-state index >= 15 is 0 Å². The lowest BCUT2D eigenvalue weighted by Crippen LogP contribution is -2.17. The van der Waals surface area contributed by atoms with Gasteiger partial charge < -0.3 is 15.0 Å². The van der Waals surface area contributed by atoms with Crippen LogP contribution in [0, 0.1) is 13.8 Å². The van der Waals surface area contributed by atoms with E-state index in [0.717, 1.165) is 27.6 Å². The zero-order valence-electron chi connectivity index (χ0n) is 15.6. The number of aryl methyl sites for hydroxylation is 4. The van der Waals surface area contributed by atoms with E-state index in [-0.39, 0.29) is 0 Å². The zero-order chi connectivity index (χ0) is 19.7. The zero-order valence-corrected chi connectivity index (χ0v) is 17.1. The lowest BCUT2D eigenvalue weighted by molar-refractivity contribution is 0.0992. The van der Waals surface area contributed by atoms with Crippen LogP contribution in [0.2, 0.25) is 10.0 Å². The number of rotatable bonds is 6. The molecule has 0 unspecified atom stereocenters. The number of carbonyl (C=O) groups excluding carboxylic acids is 1. The first-order valence-electron chi connectivity index (χ1n) is 8.76. The molecule has 27 heavy (non-hydrogen) atoms. The van der Waals surface area contributed by atoms with E-state index in [9.17, 15) is 4.79 Å². The number of halogens is 2. The number of nitrogens with two attached hydrogens (primary N) is 1. The third kappa shape index (κ3) is 3.78.